The Kier molecular flexibility index (Phi) is 3.64. The topological polar surface area (TPSA) is 17.1 Å². The normalized spacial score (nSPS) is 11.2. The third kappa shape index (κ3) is 3.03. The van der Waals surface area contributed by atoms with Crippen molar-refractivity contribution in [2.45, 2.75) is 0 Å². The van der Waals surface area contributed by atoms with E-state index in [-0.39, 0.29) is 5.82 Å². The quantitative estimate of drug-likeness (QED) is 0.393. The van der Waals surface area contributed by atoms with Crippen LogP contribution in [0.25, 0.3) is 6.08 Å². The van der Waals surface area contributed by atoms with Crippen LogP contribution in [0, 0.1) is 5.82 Å². The van der Waals surface area contributed by atoms with Crippen LogP contribution in [0.2, 0.25) is 0 Å². The summed E-state index contributed by atoms with van der Waals surface area (Å²) in [5.74, 6) is -0.266. The van der Waals surface area contributed by atoms with Crippen LogP contribution < -0.4 is 0 Å². The zero-order valence-electron chi connectivity index (χ0n) is 6.98. The largest absolute Gasteiger partial charge is 0.299 e. The van der Waals surface area contributed by atoms with Gasteiger partial charge >= 0.3 is 0 Å². The second kappa shape index (κ2) is 5.04. The molecule has 1 nitrogen and oxygen atoms in total. The monoisotopic (exact) mass is 176 g/mol. The molecule has 0 fully saturated rings. The lowest BCUT2D eigenvalue weighted by Crippen LogP contribution is -1.78. The maximum Gasteiger partial charge on any atom is 0.142 e. The summed E-state index contributed by atoms with van der Waals surface area (Å²) in [4.78, 5) is 9.89. The van der Waals surface area contributed by atoms with Crippen molar-refractivity contribution in [3.63, 3.8) is 0 Å². The Morgan fingerprint density at radius 2 is 1.85 bits per heavy atom. The molecule has 0 radical (unpaired) electrons. The number of halogens is 1. The van der Waals surface area contributed by atoms with Crippen molar-refractivity contribution in [3.05, 3.63) is 53.9 Å². The molecule has 0 spiro atoms. The summed E-state index contributed by atoms with van der Waals surface area (Å²) >= 11 is 0. The molecular formula is C11H9FO. The van der Waals surface area contributed by atoms with Gasteiger partial charge in [0.15, 0.2) is 0 Å². The van der Waals surface area contributed by atoms with E-state index in [0.29, 0.717) is 11.8 Å². The summed E-state index contributed by atoms with van der Waals surface area (Å²) in [6.45, 7) is 0. The van der Waals surface area contributed by atoms with Crippen molar-refractivity contribution in [1.29, 1.82) is 0 Å². The molecule has 0 heterocycles. The number of allylic oxidation sites excluding steroid dienone is 3. The Balaban J connectivity index is 2.74. The van der Waals surface area contributed by atoms with Crippen molar-refractivity contribution in [2.24, 2.45) is 0 Å². The number of hydrogen-bond donors (Lipinski definition) is 0. The van der Waals surface area contributed by atoms with Crippen LogP contribution >= 0.6 is 0 Å². The van der Waals surface area contributed by atoms with Crippen LogP contribution in [0.4, 0.5) is 4.39 Å². The Bertz CT molecular complexity index is 340. The van der Waals surface area contributed by atoms with Crippen molar-refractivity contribution >= 4 is 12.4 Å². The van der Waals surface area contributed by atoms with E-state index in [0.717, 1.165) is 0 Å². The molecule has 1 aromatic carbocycles. The van der Waals surface area contributed by atoms with Crippen molar-refractivity contribution in [2.75, 3.05) is 0 Å². The molecule has 13 heavy (non-hydrogen) atoms. The molecule has 1 aromatic rings. The molecule has 0 bridgehead atoms. The highest BCUT2D eigenvalue weighted by Gasteiger charge is 1.92. The fraction of sp³-hybridized carbons (Fsp3) is 0. The Morgan fingerprint density at radius 3 is 2.54 bits per heavy atom. The average Bonchev–Trinajstić information content (AvgIpc) is 2.15. The van der Waals surface area contributed by atoms with Gasteiger partial charge in [0.25, 0.3) is 0 Å². The van der Waals surface area contributed by atoms with Crippen molar-refractivity contribution in [1.82, 2.24) is 0 Å². The van der Waals surface area contributed by atoms with Crippen LogP contribution in [0.15, 0.2) is 42.5 Å². The van der Waals surface area contributed by atoms with E-state index in [2.05, 4.69) is 0 Å². The zero-order chi connectivity index (χ0) is 9.52. The fourth-order valence-electron chi connectivity index (χ4n) is 0.879. The van der Waals surface area contributed by atoms with E-state index in [1.807, 2.05) is 0 Å². The summed E-state index contributed by atoms with van der Waals surface area (Å²) in [6, 6.07) is 6.45. The first kappa shape index (κ1) is 9.39. The number of carbonyl (C=O) groups is 1. The maximum atomic E-state index is 13.0. The van der Waals surface area contributed by atoms with Crippen molar-refractivity contribution in [3.8, 4) is 0 Å². The summed E-state index contributed by atoms with van der Waals surface area (Å²) in [5.41, 5.74) is 0.512. The van der Waals surface area contributed by atoms with Gasteiger partial charge < -0.3 is 0 Å². The van der Waals surface area contributed by atoms with Gasteiger partial charge in [0.2, 0.25) is 0 Å². The molecule has 0 aliphatic carbocycles. The van der Waals surface area contributed by atoms with Gasteiger partial charge in [-0.25, -0.2) is 4.39 Å². The standard InChI is InChI=1S/C11H9FO/c12-11-8-4-3-7-10(11)6-2-1-5-9-13/h1-9H/b5-1+,6-2+. The van der Waals surface area contributed by atoms with Gasteiger partial charge in [0.05, 0.1) is 0 Å². The minimum atomic E-state index is -0.266. The smallest absolute Gasteiger partial charge is 0.142 e. The van der Waals surface area contributed by atoms with Gasteiger partial charge in [0, 0.05) is 5.56 Å². The maximum absolute atomic E-state index is 13.0. The lowest BCUT2D eigenvalue weighted by atomic mass is 10.2. The Hall–Kier alpha value is -1.70. The summed E-state index contributed by atoms with van der Waals surface area (Å²) in [7, 11) is 0. The lowest BCUT2D eigenvalue weighted by molar-refractivity contribution is -0.104. The molecule has 0 atom stereocenters. The highest BCUT2D eigenvalue weighted by atomic mass is 19.1. The first-order chi connectivity index (χ1) is 6.34. The molecule has 0 saturated carbocycles. The minimum absolute atomic E-state index is 0.266. The van der Waals surface area contributed by atoms with Crippen molar-refractivity contribution < 1.29 is 9.18 Å². The zero-order valence-corrected chi connectivity index (χ0v) is 6.98. The highest BCUT2D eigenvalue weighted by molar-refractivity contribution is 5.66. The van der Waals surface area contributed by atoms with Gasteiger partial charge in [0.1, 0.15) is 12.1 Å². The van der Waals surface area contributed by atoms with E-state index in [9.17, 15) is 9.18 Å². The molecule has 0 amide bonds. The predicted octanol–water partition coefficient (Wildman–Crippen LogP) is 2.59. The minimum Gasteiger partial charge on any atom is -0.299 e. The van der Waals surface area contributed by atoms with Gasteiger partial charge in [-0.1, -0.05) is 36.4 Å². The average molecular weight is 176 g/mol. The molecule has 0 unspecified atom stereocenters. The summed E-state index contributed by atoms with van der Waals surface area (Å²) < 4.78 is 13.0. The summed E-state index contributed by atoms with van der Waals surface area (Å²) in [5, 5.41) is 0. The molecular weight excluding hydrogens is 167 g/mol. The van der Waals surface area contributed by atoms with Crippen LogP contribution in [0.3, 0.4) is 0 Å². The first-order valence-corrected chi connectivity index (χ1v) is 3.87. The number of carbonyl (C=O) groups excluding carboxylic acids is 1. The van der Waals surface area contributed by atoms with Gasteiger partial charge in [-0.3, -0.25) is 4.79 Å². The second-order valence-electron chi connectivity index (χ2n) is 2.40. The second-order valence-corrected chi connectivity index (χ2v) is 2.40. The van der Waals surface area contributed by atoms with Crippen LogP contribution in [0.1, 0.15) is 5.56 Å². The molecule has 0 aliphatic rings. The molecule has 0 N–H and O–H groups in total. The SMILES string of the molecule is O=C/C=C/C=C/c1ccccc1F. The van der Waals surface area contributed by atoms with E-state index in [4.69, 9.17) is 0 Å². The van der Waals surface area contributed by atoms with Gasteiger partial charge in [-0.2, -0.15) is 0 Å². The summed E-state index contributed by atoms with van der Waals surface area (Å²) in [6.07, 6.45) is 6.80. The number of aldehydes is 1. The Labute approximate surface area is 76.2 Å². The molecule has 0 aromatic heterocycles. The van der Waals surface area contributed by atoms with E-state index in [1.54, 1.807) is 36.4 Å². The third-order valence-corrected chi connectivity index (χ3v) is 1.48. The highest BCUT2D eigenvalue weighted by Crippen LogP contribution is 2.07. The van der Waals surface area contributed by atoms with Crippen LogP contribution in [-0.2, 0) is 4.79 Å². The lowest BCUT2D eigenvalue weighted by Gasteiger charge is -1.92. The molecule has 0 saturated heterocycles. The van der Waals surface area contributed by atoms with Gasteiger partial charge in [-0.05, 0) is 12.1 Å². The van der Waals surface area contributed by atoms with Crippen LogP contribution in [0.5, 0.6) is 0 Å². The van der Waals surface area contributed by atoms with E-state index >= 15 is 0 Å². The Morgan fingerprint density at radius 1 is 1.08 bits per heavy atom. The third-order valence-electron chi connectivity index (χ3n) is 1.48. The predicted molar refractivity (Wildman–Crippen MR) is 50.6 cm³/mol. The molecule has 2 heteroatoms. The number of benzene rings is 1. The molecule has 1 rings (SSSR count). The molecule has 66 valence electrons. The van der Waals surface area contributed by atoms with Crippen LogP contribution in [-0.4, -0.2) is 6.29 Å². The fourth-order valence-corrected chi connectivity index (χ4v) is 0.879. The first-order valence-electron chi connectivity index (χ1n) is 3.87. The van der Waals surface area contributed by atoms with E-state index < -0.39 is 0 Å². The van der Waals surface area contributed by atoms with Gasteiger partial charge in [-0.15, -0.1) is 0 Å². The number of hydrogen-bond acceptors (Lipinski definition) is 1. The van der Waals surface area contributed by atoms with E-state index in [1.165, 1.54) is 12.1 Å². The number of rotatable bonds is 3. The molecule has 0 aliphatic heterocycles.